The summed E-state index contributed by atoms with van der Waals surface area (Å²) in [7, 11) is 0. The number of nitrogens with zero attached hydrogens (tertiary/aromatic N) is 6. The first-order valence-corrected chi connectivity index (χ1v) is 12.6. The van der Waals surface area contributed by atoms with Crippen LogP contribution in [0.4, 0.5) is 19.0 Å². The van der Waals surface area contributed by atoms with Crippen LogP contribution < -0.4 is 4.90 Å². The normalized spacial score (nSPS) is 20.4. The van der Waals surface area contributed by atoms with Crippen molar-refractivity contribution in [3.8, 4) is 5.69 Å². The van der Waals surface area contributed by atoms with Crippen LogP contribution in [0.5, 0.6) is 0 Å². The first-order valence-electron chi connectivity index (χ1n) is 12.3. The highest BCUT2D eigenvalue weighted by Gasteiger charge is 2.54. The number of rotatable bonds is 3. The fraction of sp³-hybridized carbons (Fsp3) is 0.500. The van der Waals surface area contributed by atoms with E-state index in [0.29, 0.717) is 10.8 Å². The van der Waals surface area contributed by atoms with Crippen LogP contribution in [0.15, 0.2) is 30.3 Å². The average molecular weight is 517 g/mol. The molecule has 1 unspecified atom stereocenters. The van der Waals surface area contributed by atoms with Gasteiger partial charge in [-0.15, -0.1) is 10.2 Å². The Morgan fingerprint density at radius 2 is 1.81 bits per heavy atom. The second-order valence-corrected chi connectivity index (χ2v) is 11.2. The highest BCUT2D eigenvalue weighted by Crippen LogP contribution is 2.56. The van der Waals surface area contributed by atoms with Crippen molar-refractivity contribution in [3.05, 3.63) is 63.8 Å². The van der Waals surface area contributed by atoms with E-state index in [4.69, 9.17) is 16.6 Å². The van der Waals surface area contributed by atoms with Crippen molar-refractivity contribution in [2.24, 2.45) is 5.41 Å². The highest BCUT2D eigenvalue weighted by molar-refractivity contribution is 6.30. The minimum absolute atomic E-state index is 0.0734. The lowest BCUT2D eigenvalue weighted by Gasteiger charge is -2.59. The standard InChI is InChI=1S/C26H28ClF3N6/c1-15-6-16(2)31-22(7-15)35-13-25(14-35)9-19(10-25)24-33-32-23-12-34(17(3)26(28,29)30)11-18-8-20(27)4-5-21(18)36(23)24/h4-8,17,19H,9-14H2,1-3H3. The third-order valence-electron chi connectivity index (χ3n) is 7.96. The Labute approximate surface area is 213 Å². The molecule has 0 bridgehead atoms. The molecule has 1 spiro atoms. The van der Waals surface area contributed by atoms with Gasteiger partial charge in [0.15, 0.2) is 5.82 Å². The number of aromatic nitrogens is 4. The topological polar surface area (TPSA) is 50.1 Å². The van der Waals surface area contributed by atoms with Crippen molar-refractivity contribution in [1.29, 1.82) is 0 Å². The molecule has 1 saturated heterocycles. The molecule has 0 amide bonds. The van der Waals surface area contributed by atoms with E-state index < -0.39 is 12.2 Å². The molecule has 2 aliphatic heterocycles. The molecule has 190 valence electrons. The maximum atomic E-state index is 13.6. The number of halogens is 4. The van der Waals surface area contributed by atoms with Gasteiger partial charge in [0, 0.05) is 41.7 Å². The molecule has 0 N–H and O–H groups in total. The number of hydrogen-bond acceptors (Lipinski definition) is 5. The summed E-state index contributed by atoms with van der Waals surface area (Å²) < 4.78 is 42.8. The number of anilines is 1. The lowest BCUT2D eigenvalue weighted by Crippen LogP contribution is -2.62. The van der Waals surface area contributed by atoms with E-state index in [1.807, 2.05) is 17.6 Å². The van der Waals surface area contributed by atoms with Gasteiger partial charge in [0.2, 0.25) is 0 Å². The van der Waals surface area contributed by atoms with E-state index in [2.05, 4.69) is 34.2 Å². The summed E-state index contributed by atoms with van der Waals surface area (Å²) in [6, 6.07) is 8.01. The van der Waals surface area contributed by atoms with E-state index in [1.54, 1.807) is 12.1 Å². The molecule has 6 rings (SSSR count). The summed E-state index contributed by atoms with van der Waals surface area (Å²) in [5.41, 5.74) is 4.05. The van der Waals surface area contributed by atoms with Gasteiger partial charge in [0.05, 0.1) is 12.2 Å². The fourth-order valence-corrected chi connectivity index (χ4v) is 6.32. The zero-order valence-electron chi connectivity index (χ0n) is 20.5. The van der Waals surface area contributed by atoms with Crippen LogP contribution in [0.2, 0.25) is 5.02 Å². The third kappa shape index (κ3) is 3.96. The van der Waals surface area contributed by atoms with Gasteiger partial charge < -0.3 is 4.90 Å². The molecule has 1 atom stereocenters. The van der Waals surface area contributed by atoms with Crippen LogP contribution in [0.25, 0.3) is 5.69 Å². The van der Waals surface area contributed by atoms with Gasteiger partial charge in [-0.3, -0.25) is 9.47 Å². The Bertz CT molecular complexity index is 1300. The number of pyridine rings is 1. The number of hydrogen-bond donors (Lipinski definition) is 0. The van der Waals surface area contributed by atoms with E-state index >= 15 is 0 Å². The predicted molar refractivity (Wildman–Crippen MR) is 131 cm³/mol. The minimum atomic E-state index is -4.34. The molecule has 2 aromatic heterocycles. The molecule has 0 radical (unpaired) electrons. The molecular formula is C26H28ClF3N6. The zero-order valence-corrected chi connectivity index (χ0v) is 21.2. The molecule has 36 heavy (non-hydrogen) atoms. The first kappa shape index (κ1) is 23.7. The largest absolute Gasteiger partial charge is 0.403 e. The summed E-state index contributed by atoms with van der Waals surface area (Å²) in [4.78, 5) is 8.42. The smallest absolute Gasteiger partial charge is 0.355 e. The fourth-order valence-electron chi connectivity index (χ4n) is 6.13. The Kier molecular flexibility index (Phi) is 5.39. The average Bonchev–Trinajstić information content (AvgIpc) is 3.05. The van der Waals surface area contributed by atoms with Crippen molar-refractivity contribution < 1.29 is 13.2 Å². The summed E-state index contributed by atoms with van der Waals surface area (Å²) in [5.74, 6) is 2.62. The lowest BCUT2D eigenvalue weighted by molar-refractivity contribution is -0.182. The van der Waals surface area contributed by atoms with Crippen LogP contribution >= 0.6 is 11.6 Å². The zero-order chi connectivity index (χ0) is 25.4. The Balaban J connectivity index is 1.25. The second-order valence-electron chi connectivity index (χ2n) is 10.8. The van der Waals surface area contributed by atoms with Crippen LogP contribution in [0.3, 0.4) is 0 Å². The van der Waals surface area contributed by atoms with Gasteiger partial charge in [-0.2, -0.15) is 13.2 Å². The first-order chi connectivity index (χ1) is 17.0. The third-order valence-corrected chi connectivity index (χ3v) is 8.20. The Hall–Kier alpha value is -2.65. The molecule has 6 nitrogen and oxygen atoms in total. The predicted octanol–water partition coefficient (Wildman–Crippen LogP) is 5.58. The van der Waals surface area contributed by atoms with Gasteiger partial charge in [-0.1, -0.05) is 11.6 Å². The number of benzene rings is 1. The van der Waals surface area contributed by atoms with E-state index in [-0.39, 0.29) is 24.4 Å². The summed E-state index contributed by atoms with van der Waals surface area (Å²) in [6.45, 7) is 7.44. The molecule has 3 aromatic rings. The molecule has 4 heterocycles. The molecular weight excluding hydrogens is 489 g/mol. The van der Waals surface area contributed by atoms with Crippen LogP contribution in [0, 0.1) is 19.3 Å². The SMILES string of the molecule is Cc1cc(C)nc(N2CC3(CC(c4nnc5n4-c4ccc(Cl)cc4CN(C(C)C(F)(F)F)C5)C3)C2)c1. The maximum Gasteiger partial charge on any atom is 0.403 e. The highest BCUT2D eigenvalue weighted by atomic mass is 35.5. The summed E-state index contributed by atoms with van der Waals surface area (Å²) >= 11 is 6.25. The summed E-state index contributed by atoms with van der Waals surface area (Å²) in [6.07, 6.45) is -2.37. The van der Waals surface area contributed by atoms with Crippen molar-refractivity contribution in [1.82, 2.24) is 24.6 Å². The van der Waals surface area contributed by atoms with Crippen molar-refractivity contribution in [3.63, 3.8) is 0 Å². The molecule has 10 heteroatoms. The molecule has 2 fully saturated rings. The van der Waals surface area contributed by atoms with E-state index in [1.165, 1.54) is 17.4 Å². The van der Waals surface area contributed by atoms with Gasteiger partial charge in [-0.05, 0) is 75.1 Å². The van der Waals surface area contributed by atoms with Crippen LogP contribution in [-0.4, -0.2) is 50.0 Å². The van der Waals surface area contributed by atoms with Gasteiger partial charge >= 0.3 is 6.18 Å². The lowest BCUT2D eigenvalue weighted by atomic mass is 9.57. The van der Waals surface area contributed by atoms with Crippen molar-refractivity contribution >= 4 is 17.4 Å². The van der Waals surface area contributed by atoms with Gasteiger partial charge in [-0.25, -0.2) is 4.98 Å². The van der Waals surface area contributed by atoms with Crippen LogP contribution in [-0.2, 0) is 13.1 Å². The quantitative estimate of drug-likeness (QED) is 0.454. The molecule has 3 aliphatic rings. The van der Waals surface area contributed by atoms with Crippen molar-refractivity contribution in [2.45, 2.75) is 64.8 Å². The molecule has 1 aliphatic carbocycles. The second kappa shape index (κ2) is 8.18. The summed E-state index contributed by atoms with van der Waals surface area (Å²) in [5, 5.41) is 9.39. The number of alkyl halides is 3. The van der Waals surface area contributed by atoms with E-state index in [0.717, 1.165) is 54.5 Å². The molecule has 1 saturated carbocycles. The van der Waals surface area contributed by atoms with Crippen LogP contribution in [0.1, 0.15) is 54.2 Å². The number of aryl methyl sites for hydroxylation is 2. The van der Waals surface area contributed by atoms with E-state index in [9.17, 15) is 13.2 Å². The monoisotopic (exact) mass is 516 g/mol. The maximum absolute atomic E-state index is 13.6. The van der Waals surface area contributed by atoms with Crippen molar-refractivity contribution in [2.75, 3.05) is 18.0 Å². The minimum Gasteiger partial charge on any atom is -0.355 e. The van der Waals surface area contributed by atoms with Gasteiger partial charge in [0.1, 0.15) is 17.7 Å². The number of fused-ring (bicyclic) bond motifs is 3. The Morgan fingerprint density at radius 3 is 2.50 bits per heavy atom. The Morgan fingerprint density at radius 1 is 1.06 bits per heavy atom. The molecule has 1 aromatic carbocycles. The van der Waals surface area contributed by atoms with Gasteiger partial charge in [0.25, 0.3) is 0 Å².